The van der Waals surface area contributed by atoms with E-state index < -0.39 is 0 Å². The Morgan fingerprint density at radius 2 is 2.22 bits per heavy atom. The maximum Gasteiger partial charge on any atom is 0.289 e. The number of methoxy groups -OCH3 is 1. The van der Waals surface area contributed by atoms with Gasteiger partial charge in [0.15, 0.2) is 5.76 Å². The zero-order valence-electron chi connectivity index (χ0n) is 16.0. The maximum absolute atomic E-state index is 12.8. The number of carbonyl (C=O) groups is 1. The molecule has 1 atom stereocenters. The summed E-state index contributed by atoms with van der Waals surface area (Å²) < 4.78 is 16.0. The van der Waals surface area contributed by atoms with Crippen molar-refractivity contribution in [3.8, 4) is 0 Å². The molecule has 2 aromatic rings. The largest absolute Gasteiger partial charge is 0.459 e. The Labute approximate surface area is 159 Å². The van der Waals surface area contributed by atoms with E-state index in [0.717, 1.165) is 57.0 Å². The van der Waals surface area contributed by atoms with Crippen molar-refractivity contribution >= 4 is 5.91 Å². The summed E-state index contributed by atoms with van der Waals surface area (Å²) in [4.78, 5) is 17.1. The van der Waals surface area contributed by atoms with Crippen molar-refractivity contribution in [2.75, 3.05) is 39.9 Å². The van der Waals surface area contributed by atoms with Crippen LogP contribution in [0.2, 0.25) is 0 Å². The Bertz CT molecular complexity index is 762. The van der Waals surface area contributed by atoms with Crippen LogP contribution >= 0.6 is 0 Å². The molecule has 2 fully saturated rings. The lowest BCUT2D eigenvalue weighted by Gasteiger charge is -2.42. The molecule has 0 saturated carbocycles. The zero-order valence-corrected chi connectivity index (χ0v) is 16.0. The molecule has 2 saturated heterocycles. The number of ether oxygens (including phenoxy) is 1. The highest BCUT2D eigenvalue weighted by Crippen LogP contribution is 2.45. The number of carbonyl (C=O) groups excluding carboxylic acids is 1. The molecule has 146 valence electrons. The van der Waals surface area contributed by atoms with Gasteiger partial charge in [0, 0.05) is 38.7 Å². The number of nitrogens with zero attached hydrogens (tertiary/aromatic N) is 3. The first-order chi connectivity index (χ1) is 13.1. The number of piperidine rings is 1. The van der Waals surface area contributed by atoms with E-state index in [-0.39, 0.29) is 11.3 Å². The second kappa shape index (κ2) is 7.48. The van der Waals surface area contributed by atoms with Crippen LogP contribution in [0.4, 0.5) is 0 Å². The quantitative estimate of drug-likeness (QED) is 0.802. The third-order valence-electron chi connectivity index (χ3n) is 6.11. The van der Waals surface area contributed by atoms with Crippen LogP contribution in [-0.2, 0) is 11.3 Å². The highest BCUT2D eigenvalue weighted by atomic mass is 16.5. The number of aromatic nitrogens is 1. The number of hydrogen-bond acceptors (Lipinski definition) is 6. The van der Waals surface area contributed by atoms with Crippen molar-refractivity contribution in [3.63, 3.8) is 0 Å². The molecule has 0 aromatic carbocycles. The summed E-state index contributed by atoms with van der Waals surface area (Å²) in [5, 5.41) is 4.11. The molecule has 0 unspecified atom stereocenters. The maximum atomic E-state index is 12.8. The fraction of sp³-hybridized carbons (Fsp3) is 0.600. The average molecular weight is 373 g/mol. The lowest BCUT2D eigenvalue weighted by molar-refractivity contribution is 0.0341. The van der Waals surface area contributed by atoms with E-state index in [2.05, 4.69) is 10.1 Å². The van der Waals surface area contributed by atoms with Crippen LogP contribution in [0, 0.1) is 18.3 Å². The predicted octanol–water partition coefficient (Wildman–Crippen LogP) is 2.58. The molecule has 2 aromatic heterocycles. The second-order valence-electron chi connectivity index (χ2n) is 7.88. The van der Waals surface area contributed by atoms with E-state index in [1.807, 2.05) is 17.9 Å². The van der Waals surface area contributed by atoms with Crippen LogP contribution in [0.3, 0.4) is 0 Å². The predicted molar refractivity (Wildman–Crippen MR) is 98.2 cm³/mol. The third-order valence-corrected chi connectivity index (χ3v) is 6.11. The first kappa shape index (κ1) is 18.3. The van der Waals surface area contributed by atoms with Crippen molar-refractivity contribution in [1.82, 2.24) is 15.0 Å². The van der Waals surface area contributed by atoms with Gasteiger partial charge in [0.25, 0.3) is 5.91 Å². The fourth-order valence-corrected chi connectivity index (χ4v) is 4.62. The number of hydrogen-bond donors (Lipinski definition) is 0. The average Bonchev–Trinajstić information content (AvgIpc) is 3.39. The van der Waals surface area contributed by atoms with Crippen LogP contribution in [0.1, 0.15) is 34.9 Å². The molecule has 7 heteroatoms. The van der Waals surface area contributed by atoms with Crippen molar-refractivity contribution in [3.05, 3.63) is 41.7 Å². The van der Waals surface area contributed by atoms with Crippen LogP contribution in [0.25, 0.3) is 0 Å². The lowest BCUT2D eigenvalue weighted by atomic mass is 9.71. The summed E-state index contributed by atoms with van der Waals surface area (Å²) in [5.41, 5.74) is 1.10. The Morgan fingerprint density at radius 3 is 2.85 bits per heavy atom. The highest BCUT2D eigenvalue weighted by molar-refractivity contribution is 5.91. The van der Waals surface area contributed by atoms with Crippen LogP contribution < -0.4 is 0 Å². The minimum Gasteiger partial charge on any atom is -0.459 e. The van der Waals surface area contributed by atoms with Crippen molar-refractivity contribution in [2.45, 2.75) is 26.3 Å². The normalized spacial score (nSPS) is 22.6. The number of likely N-dealkylation sites (tertiary alicyclic amines) is 2. The van der Waals surface area contributed by atoms with Gasteiger partial charge in [-0.2, -0.15) is 0 Å². The zero-order chi connectivity index (χ0) is 18.9. The summed E-state index contributed by atoms with van der Waals surface area (Å²) >= 11 is 0. The van der Waals surface area contributed by atoms with Gasteiger partial charge >= 0.3 is 0 Å². The molecule has 1 spiro atoms. The molecule has 27 heavy (non-hydrogen) atoms. The topological polar surface area (TPSA) is 72.0 Å². The Kier molecular flexibility index (Phi) is 5.06. The molecule has 2 aliphatic rings. The molecule has 1 amide bonds. The molecule has 0 N–H and O–H groups in total. The first-order valence-corrected chi connectivity index (χ1v) is 9.56. The van der Waals surface area contributed by atoms with Crippen LogP contribution in [-0.4, -0.2) is 60.8 Å². The molecule has 7 nitrogen and oxygen atoms in total. The minimum absolute atomic E-state index is 0.0153. The summed E-state index contributed by atoms with van der Waals surface area (Å²) in [6.07, 6.45) is 3.66. The highest BCUT2D eigenvalue weighted by Gasteiger charge is 2.49. The Balaban J connectivity index is 1.42. The van der Waals surface area contributed by atoms with Crippen molar-refractivity contribution < 1.29 is 18.5 Å². The van der Waals surface area contributed by atoms with Gasteiger partial charge in [-0.25, -0.2) is 0 Å². The number of amides is 1. The molecule has 4 heterocycles. The standard InChI is InChI=1S/C20H27N3O4/c1-15-10-17(21-27-15)12-22-7-5-20(6-8-22)14-23(11-16(20)13-25-2)19(24)18-4-3-9-26-18/h3-4,9-10,16H,5-8,11-14H2,1-2H3/t16-/m0/s1. The van der Waals surface area contributed by atoms with E-state index in [0.29, 0.717) is 18.3 Å². The van der Waals surface area contributed by atoms with Crippen molar-refractivity contribution in [2.24, 2.45) is 11.3 Å². The van der Waals surface area contributed by atoms with Gasteiger partial charge in [0.05, 0.1) is 18.6 Å². The number of aryl methyl sites for hydroxylation is 1. The van der Waals surface area contributed by atoms with E-state index in [1.54, 1.807) is 25.5 Å². The van der Waals surface area contributed by atoms with Gasteiger partial charge in [0.1, 0.15) is 5.76 Å². The monoisotopic (exact) mass is 373 g/mol. The smallest absolute Gasteiger partial charge is 0.289 e. The van der Waals surface area contributed by atoms with E-state index in [1.165, 1.54) is 0 Å². The fourth-order valence-electron chi connectivity index (χ4n) is 4.62. The minimum atomic E-state index is -0.0153. The molecular weight excluding hydrogens is 346 g/mol. The van der Waals surface area contributed by atoms with Crippen LogP contribution in [0.5, 0.6) is 0 Å². The molecule has 2 aliphatic heterocycles. The first-order valence-electron chi connectivity index (χ1n) is 9.56. The summed E-state index contributed by atoms with van der Waals surface area (Å²) in [5.74, 6) is 1.61. The molecule has 0 radical (unpaired) electrons. The molecular formula is C20H27N3O4. The number of rotatable bonds is 5. The number of furan rings is 1. The van der Waals surface area contributed by atoms with Gasteiger partial charge in [-0.1, -0.05) is 5.16 Å². The second-order valence-corrected chi connectivity index (χ2v) is 7.88. The summed E-state index contributed by atoms with van der Waals surface area (Å²) in [6, 6.07) is 5.49. The van der Waals surface area contributed by atoms with Gasteiger partial charge in [0.2, 0.25) is 0 Å². The van der Waals surface area contributed by atoms with Gasteiger partial charge in [-0.05, 0) is 50.4 Å². The molecule has 0 bridgehead atoms. The summed E-state index contributed by atoms with van der Waals surface area (Å²) in [6.45, 7) is 6.92. The SMILES string of the molecule is COC[C@@H]1CN(C(=O)c2ccco2)CC12CCN(Cc1cc(C)on1)CC2. The Hall–Kier alpha value is -2.12. The van der Waals surface area contributed by atoms with Crippen LogP contribution in [0.15, 0.2) is 33.4 Å². The van der Waals surface area contributed by atoms with E-state index >= 15 is 0 Å². The van der Waals surface area contributed by atoms with Gasteiger partial charge < -0.3 is 18.6 Å². The lowest BCUT2D eigenvalue weighted by Crippen LogP contribution is -2.45. The van der Waals surface area contributed by atoms with E-state index in [4.69, 9.17) is 13.7 Å². The summed E-state index contributed by atoms with van der Waals surface area (Å²) in [7, 11) is 1.74. The van der Waals surface area contributed by atoms with Gasteiger partial charge in [-0.3, -0.25) is 9.69 Å². The van der Waals surface area contributed by atoms with Crippen molar-refractivity contribution in [1.29, 1.82) is 0 Å². The third kappa shape index (κ3) is 3.66. The Morgan fingerprint density at radius 1 is 1.41 bits per heavy atom. The molecule has 4 rings (SSSR count). The van der Waals surface area contributed by atoms with E-state index in [9.17, 15) is 4.79 Å². The van der Waals surface area contributed by atoms with Gasteiger partial charge in [-0.15, -0.1) is 0 Å². The molecule has 0 aliphatic carbocycles.